The summed E-state index contributed by atoms with van der Waals surface area (Å²) in [6, 6.07) is 0. The molecule has 0 N–H and O–H groups in total. The zero-order valence-corrected chi connectivity index (χ0v) is 11.9. The molecular formula is C11H15BrN2O2S. The minimum Gasteiger partial charge on any atom is -0.381 e. The number of halogens is 1. The van der Waals surface area contributed by atoms with Gasteiger partial charge in [-0.1, -0.05) is 0 Å². The first kappa shape index (κ1) is 13.1. The second-order valence-corrected chi connectivity index (χ2v) is 5.62. The van der Waals surface area contributed by atoms with Crippen LogP contribution in [-0.4, -0.2) is 28.5 Å². The molecule has 0 saturated carbocycles. The number of thiol groups is 1. The van der Waals surface area contributed by atoms with Gasteiger partial charge in [0.2, 0.25) is 0 Å². The van der Waals surface area contributed by atoms with Crippen LogP contribution in [0.1, 0.15) is 12.8 Å². The van der Waals surface area contributed by atoms with Gasteiger partial charge in [-0.2, -0.15) is 12.6 Å². The zero-order chi connectivity index (χ0) is 12.3. The molecule has 1 aromatic rings. The maximum Gasteiger partial charge on any atom is 0.267 e. The smallest absolute Gasteiger partial charge is 0.267 e. The molecule has 0 bridgehead atoms. The summed E-state index contributed by atoms with van der Waals surface area (Å²) in [7, 11) is 0. The summed E-state index contributed by atoms with van der Waals surface area (Å²) < 4.78 is 7.53. The molecule has 2 rings (SSSR count). The SMILES string of the molecule is O=c1c(Br)cncn1CC1(CS)CCOCC1. The maximum absolute atomic E-state index is 11.9. The molecule has 0 atom stereocenters. The van der Waals surface area contributed by atoms with Crippen LogP contribution < -0.4 is 5.56 Å². The average molecular weight is 319 g/mol. The maximum atomic E-state index is 11.9. The third-order valence-electron chi connectivity index (χ3n) is 3.25. The van der Waals surface area contributed by atoms with Gasteiger partial charge in [0.1, 0.15) is 4.47 Å². The number of rotatable bonds is 3. The van der Waals surface area contributed by atoms with E-state index >= 15 is 0 Å². The van der Waals surface area contributed by atoms with Crippen molar-refractivity contribution in [2.24, 2.45) is 5.41 Å². The van der Waals surface area contributed by atoms with Crippen molar-refractivity contribution in [3.8, 4) is 0 Å². The van der Waals surface area contributed by atoms with Crippen molar-refractivity contribution in [1.82, 2.24) is 9.55 Å². The van der Waals surface area contributed by atoms with E-state index in [-0.39, 0.29) is 11.0 Å². The highest BCUT2D eigenvalue weighted by Crippen LogP contribution is 2.33. The van der Waals surface area contributed by atoms with E-state index in [1.807, 2.05) is 0 Å². The molecule has 1 aromatic heterocycles. The fourth-order valence-electron chi connectivity index (χ4n) is 2.07. The first-order valence-corrected chi connectivity index (χ1v) is 6.98. The fourth-order valence-corrected chi connectivity index (χ4v) is 2.83. The van der Waals surface area contributed by atoms with Crippen molar-refractivity contribution < 1.29 is 4.74 Å². The average Bonchev–Trinajstić information content (AvgIpc) is 2.36. The van der Waals surface area contributed by atoms with Gasteiger partial charge in [-0.15, -0.1) is 0 Å². The molecule has 2 heterocycles. The van der Waals surface area contributed by atoms with Crippen molar-refractivity contribution in [1.29, 1.82) is 0 Å². The van der Waals surface area contributed by atoms with Crippen LogP contribution in [0.4, 0.5) is 0 Å². The lowest BCUT2D eigenvalue weighted by atomic mass is 9.82. The van der Waals surface area contributed by atoms with E-state index in [4.69, 9.17) is 4.74 Å². The van der Waals surface area contributed by atoms with Crippen LogP contribution >= 0.6 is 28.6 Å². The number of hydrogen-bond donors (Lipinski definition) is 1. The quantitative estimate of drug-likeness (QED) is 0.863. The summed E-state index contributed by atoms with van der Waals surface area (Å²) in [5, 5.41) is 0. The van der Waals surface area contributed by atoms with Crippen molar-refractivity contribution in [3.63, 3.8) is 0 Å². The highest BCUT2D eigenvalue weighted by molar-refractivity contribution is 9.10. The lowest BCUT2D eigenvalue weighted by Crippen LogP contribution is -2.38. The van der Waals surface area contributed by atoms with Crippen LogP contribution in [0.2, 0.25) is 0 Å². The minimum absolute atomic E-state index is 0.0346. The van der Waals surface area contributed by atoms with E-state index in [9.17, 15) is 4.79 Å². The summed E-state index contributed by atoms with van der Waals surface area (Å²) in [5.41, 5.74) is 0.0147. The molecule has 1 aliphatic heterocycles. The largest absolute Gasteiger partial charge is 0.381 e. The molecule has 94 valence electrons. The second kappa shape index (κ2) is 5.54. The molecule has 6 heteroatoms. The number of ether oxygens (including phenoxy) is 1. The van der Waals surface area contributed by atoms with Crippen molar-refractivity contribution in [3.05, 3.63) is 27.4 Å². The number of aromatic nitrogens is 2. The van der Waals surface area contributed by atoms with Crippen LogP contribution in [0.25, 0.3) is 0 Å². The molecule has 4 nitrogen and oxygen atoms in total. The Morgan fingerprint density at radius 1 is 1.53 bits per heavy atom. The van der Waals surface area contributed by atoms with Gasteiger partial charge >= 0.3 is 0 Å². The number of hydrogen-bond acceptors (Lipinski definition) is 4. The van der Waals surface area contributed by atoms with E-state index in [1.54, 1.807) is 10.9 Å². The predicted octanol–water partition coefficient (Wildman–Crippen LogP) is 1.73. The third kappa shape index (κ3) is 2.92. The monoisotopic (exact) mass is 318 g/mol. The first-order valence-electron chi connectivity index (χ1n) is 5.55. The molecule has 0 unspecified atom stereocenters. The van der Waals surface area contributed by atoms with E-state index in [1.165, 1.54) is 6.20 Å². The lowest BCUT2D eigenvalue weighted by molar-refractivity contribution is 0.0175. The Labute approximate surface area is 114 Å². The molecule has 1 fully saturated rings. The van der Waals surface area contributed by atoms with E-state index in [0.29, 0.717) is 11.0 Å². The van der Waals surface area contributed by atoms with Crippen molar-refractivity contribution >= 4 is 28.6 Å². The van der Waals surface area contributed by atoms with Crippen LogP contribution in [-0.2, 0) is 11.3 Å². The summed E-state index contributed by atoms with van der Waals surface area (Å²) in [4.78, 5) is 16.0. The Morgan fingerprint density at radius 2 is 2.24 bits per heavy atom. The molecule has 1 saturated heterocycles. The van der Waals surface area contributed by atoms with Crippen molar-refractivity contribution in [2.45, 2.75) is 19.4 Å². The van der Waals surface area contributed by atoms with Gasteiger partial charge in [0.15, 0.2) is 0 Å². The molecule has 0 radical (unpaired) electrons. The molecule has 0 aromatic carbocycles. The Hall–Kier alpha value is -0.330. The Bertz CT molecular complexity index is 443. The van der Waals surface area contributed by atoms with Gasteiger partial charge in [-0.3, -0.25) is 9.36 Å². The van der Waals surface area contributed by atoms with Gasteiger partial charge in [-0.05, 0) is 34.5 Å². The molecule has 17 heavy (non-hydrogen) atoms. The van der Waals surface area contributed by atoms with E-state index in [2.05, 4.69) is 33.5 Å². The summed E-state index contributed by atoms with van der Waals surface area (Å²) >= 11 is 7.65. The zero-order valence-electron chi connectivity index (χ0n) is 9.43. The molecular weight excluding hydrogens is 304 g/mol. The molecule has 0 aliphatic carbocycles. The molecule has 0 amide bonds. The van der Waals surface area contributed by atoms with Gasteiger partial charge in [-0.25, -0.2) is 4.98 Å². The summed E-state index contributed by atoms with van der Waals surface area (Å²) in [6.45, 7) is 2.15. The summed E-state index contributed by atoms with van der Waals surface area (Å²) in [5.74, 6) is 0.759. The van der Waals surface area contributed by atoms with Crippen LogP contribution in [0.15, 0.2) is 21.8 Å². The van der Waals surface area contributed by atoms with Crippen LogP contribution in [0, 0.1) is 5.41 Å². The Balaban J connectivity index is 2.23. The van der Waals surface area contributed by atoms with Gasteiger partial charge < -0.3 is 4.74 Å². The predicted molar refractivity (Wildman–Crippen MR) is 72.5 cm³/mol. The lowest BCUT2D eigenvalue weighted by Gasteiger charge is -2.36. The van der Waals surface area contributed by atoms with E-state index in [0.717, 1.165) is 31.8 Å². The van der Waals surface area contributed by atoms with Crippen LogP contribution in [0.3, 0.4) is 0 Å². The van der Waals surface area contributed by atoms with Gasteiger partial charge in [0.25, 0.3) is 5.56 Å². The topological polar surface area (TPSA) is 44.1 Å². The van der Waals surface area contributed by atoms with Crippen LogP contribution in [0.5, 0.6) is 0 Å². The highest BCUT2D eigenvalue weighted by Gasteiger charge is 2.32. The fraction of sp³-hybridized carbons (Fsp3) is 0.636. The Kier molecular flexibility index (Phi) is 4.27. The van der Waals surface area contributed by atoms with Gasteiger partial charge in [0, 0.05) is 31.4 Å². The number of nitrogens with zero attached hydrogens (tertiary/aromatic N) is 2. The highest BCUT2D eigenvalue weighted by atomic mass is 79.9. The van der Waals surface area contributed by atoms with E-state index < -0.39 is 0 Å². The standard InChI is InChI=1S/C11H15BrN2O2S/c12-9-5-13-8-14(10(9)15)6-11(7-17)1-3-16-4-2-11/h5,8,17H,1-4,6-7H2. The normalized spacial score (nSPS) is 19.2. The summed E-state index contributed by atoms with van der Waals surface area (Å²) in [6.07, 6.45) is 4.99. The minimum atomic E-state index is -0.0346. The Morgan fingerprint density at radius 3 is 2.88 bits per heavy atom. The van der Waals surface area contributed by atoms with Crippen molar-refractivity contribution in [2.75, 3.05) is 19.0 Å². The molecule has 1 aliphatic rings. The first-order chi connectivity index (χ1) is 8.17. The molecule has 0 spiro atoms. The van der Waals surface area contributed by atoms with Gasteiger partial charge in [0.05, 0.1) is 6.33 Å². The third-order valence-corrected chi connectivity index (χ3v) is 4.47. The second-order valence-electron chi connectivity index (χ2n) is 4.45.